The molecule has 0 bridgehead atoms. The predicted octanol–water partition coefficient (Wildman–Crippen LogP) is 3.47. The minimum absolute atomic E-state index is 0.127. The topological polar surface area (TPSA) is 110 Å². The molecule has 35 heavy (non-hydrogen) atoms. The van der Waals surface area contributed by atoms with Gasteiger partial charge in [-0.2, -0.15) is 5.26 Å². The summed E-state index contributed by atoms with van der Waals surface area (Å²) in [4.78, 5) is 20.1. The summed E-state index contributed by atoms with van der Waals surface area (Å²) in [6, 6.07) is 10.5. The summed E-state index contributed by atoms with van der Waals surface area (Å²) < 4.78 is 15.1. The van der Waals surface area contributed by atoms with Crippen LogP contribution in [-0.2, 0) is 4.79 Å². The number of aryl methyl sites for hydroxylation is 1. The molecule has 3 aromatic rings. The molecule has 2 aliphatic heterocycles. The van der Waals surface area contributed by atoms with Gasteiger partial charge >= 0.3 is 0 Å². The van der Waals surface area contributed by atoms with Crippen LogP contribution in [0.15, 0.2) is 30.3 Å². The summed E-state index contributed by atoms with van der Waals surface area (Å²) in [6.45, 7) is 4.18. The maximum absolute atomic E-state index is 15.1. The molecule has 174 valence electrons. The Hall–Kier alpha value is -4.43. The molecule has 2 fully saturated rings. The highest BCUT2D eigenvalue weighted by Gasteiger charge is 2.49. The number of terminal acetylenes is 1. The molecule has 8 heteroatoms. The average molecular weight is 467 g/mol. The van der Waals surface area contributed by atoms with Gasteiger partial charge in [-0.25, -0.2) is 9.37 Å². The fraction of sp³-hybridized carbons (Fsp3) is 0.259. The number of aromatic nitrogens is 1. The zero-order chi connectivity index (χ0) is 24.9. The molecule has 1 aromatic heterocycles. The molecule has 0 unspecified atom stereocenters. The molecule has 1 spiro atoms. The van der Waals surface area contributed by atoms with Crippen LogP contribution >= 0.6 is 0 Å². The van der Waals surface area contributed by atoms with Gasteiger partial charge in [0.2, 0.25) is 0 Å². The average Bonchev–Trinajstić information content (AvgIpc) is 3.29. The molecule has 3 N–H and O–H groups in total. The second-order valence-electron chi connectivity index (χ2n) is 9.32. The molecule has 2 aromatic carbocycles. The molecule has 0 saturated carbocycles. The molecule has 7 nitrogen and oxygen atoms in total. The lowest BCUT2D eigenvalue weighted by Gasteiger charge is -2.47. The molecule has 5 rings (SSSR count). The molecule has 0 radical (unpaired) electrons. The molecule has 2 saturated heterocycles. The van der Waals surface area contributed by atoms with Gasteiger partial charge in [0, 0.05) is 60.0 Å². The zero-order valence-electron chi connectivity index (χ0n) is 19.2. The Morgan fingerprint density at radius 2 is 2.06 bits per heavy atom. The third kappa shape index (κ3) is 3.38. The van der Waals surface area contributed by atoms with Crippen molar-refractivity contribution in [1.29, 1.82) is 10.7 Å². The fourth-order valence-corrected chi connectivity index (χ4v) is 5.44. The minimum atomic E-state index is -0.490. The van der Waals surface area contributed by atoms with E-state index < -0.39 is 5.82 Å². The number of nitrogen functional groups attached to an aromatic ring is 1. The van der Waals surface area contributed by atoms with Crippen LogP contribution in [0.5, 0.6) is 0 Å². The SMILES string of the molecule is C#CC(=O)N1CC2(CCN(c3nc4c(F)cccc4c(-c4c(C)ccc(N)c4C=N)c3C#N)C2)C1. The zero-order valence-corrected chi connectivity index (χ0v) is 19.2. The maximum Gasteiger partial charge on any atom is 0.298 e. The number of rotatable bonds is 3. The molecule has 3 heterocycles. The van der Waals surface area contributed by atoms with Crippen molar-refractivity contribution in [2.24, 2.45) is 5.41 Å². The summed E-state index contributed by atoms with van der Waals surface area (Å²) in [7, 11) is 0. The number of hydrogen-bond acceptors (Lipinski definition) is 6. The predicted molar refractivity (Wildman–Crippen MR) is 134 cm³/mol. The third-order valence-corrected chi connectivity index (χ3v) is 7.14. The van der Waals surface area contributed by atoms with E-state index in [2.05, 4.69) is 17.0 Å². The van der Waals surface area contributed by atoms with Crippen molar-refractivity contribution in [2.75, 3.05) is 36.8 Å². The van der Waals surface area contributed by atoms with E-state index in [1.807, 2.05) is 17.9 Å². The Balaban J connectivity index is 1.70. The van der Waals surface area contributed by atoms with Gasteiger partial charge in [0.05, 0.1) is 0 Å². The Labute approximate surface area is 202 Å². The first-order valence-electron chi connectivity index (χ1n) is 11.2. The first-order chi connectivity index (χ1) is 16.8. The number of nitrogens with one attached hydrogen (secondary N) is 1. The fourth-order valence-electron chi connectivity index (χ4n) is 5.44. The Bertz CT molecular complexity index is 1490. The van der Waals surface area contributed by atoms with Crippen LogP contribution in [0.1, 0.15) is 23.1 Å². The monoisotopic (exact) mass is 466 g/mol. The second kappa shape index (κ2) is 8.11. The number of nitrogens with zero attached hydrogens (tertiary/aromatic N) is 4. The van der Waals surface area contributed by atoms with E-state index in [0.29, 0.717) is 65.3 Å². The van der Waals surface area contributed by atoms with E-state index in [9.17, 15) is 10.1 Å². The van der Waals surface area contributed by atoms with Crippen molar-refractivity contribution < 1.29 is 9.18 Å². The number of benzene rings is 2. The van der Waals surface area contributed by atoms with Gasteiger partial charge in [0.15, 0.2) is 0 Å². The van der Waals surface area contributed by atoms with E-state index in [4.69, 9.17) is 17.6 Å². The first-order valence-corrected chi connectivity index (χ1v) is 11.2. The largest absolute Gasteiger partial charge is 0.398 e. The van der Waals surface area contributed by atoms with Crippen molar-refractivity contribution in [2.45, 2.75) is 13.3 Å². The van der Waals surface area contributed by atoms with Crippen LogP contribution in [0.2, 0.25) is 0 Å². The van der Waals surface area contributed by atoms with Gasteiger partial charge in [0.25, 0.3) is 5.91 Å². The number of likely N-dealkylation sites (tertiary alicyclic amines) is 1. The summed E-state index contributed by atoms with van der Waals surface area (Å²) in [5.41, 5.74) is 9.38. The first kappa shape index (κ1) is 22.4. The Morgan fingerprint density at radius 1 is 1.29 bits per heavy atom. The molecule has 2 aliphatic rings. The highest BCUT2D eigenvalue weighted by Crippen LogP contribution is 2.45. The number of amides is 1. The van der Waals surface area contributed by atoms with E-state index in [0.717, 1.165) is 12.0 Å². The second-order valence-corrected chi connectivity index (χ2v) is 9.32. The van der Waals surface area contributed by atoms with Crippen molar-refractivity contribution in [3.8, 4) is 29.5 Å². The van der Waals surface area contributed by atoms with Crippen molar-refractivity contribution in [3.05, 3.63) is 52.8 Å². The molecular weight excluding hydrogens is 443 g/mol. The number of carbonyl (C=O) groups is 1. The van der Waals surface area contributed by atoms with Gasteiger partial charge < -0.3 is 20.9 Å². The Kier molecular flexibility index (Phi) is 5.18. The van der Waals surface area contributed by atoms with E-state index in [1.165, 1.54) is 12.3 Å². The normalized spacial score (nSPS) is 16.1. The standard InChI is InChI=1S/C27H23FN6O/c1-3-22(35)34-14-27(15-34)9-10-33(13-27)26-19(12-30)24(17-5-4-6-20(28)25(17)32-26)23-16(2)7-8-21(31)18(23)11-29/h1,4-8,11,29H,9-10,13-15,31H2,2H3. The number of para-hydroxylation sites is 1. The van der Waals surface area contributed by atoms with Crippen molar-refractivity contribution >= 4 is 34.5 Å². The number of hydrogen-bond donors (Lipinski definition) is 2. The van der Waals surface area contributed by atoms with E-state index in [-0.39, 0.29) is 16.8 Å². The number of carbonyl (C=O) groups excluding carboxylic acids is 1. The van der Waals surface area contributed by atoms with Crippen LogP contribution in [0.25, 0.3) is 22.0 Å². The van der Waals surface area contributed by atoms with Gasteiger partial charge in [-0.05, 0) is 42.5 Å². The molecular formula is C27H23FN6O. The smallest absolute Gasteiger partial charge is 0.298 e. The number of pyridine rings is 1. The van der Waals surface area contributed by atoms with Gasteiger partial charge in [-0.3, -0.25) is 4.79 Å². The van der Waals surface area contributed by atoms with Crippen LogP contribution < -0.4 is 10.6 Å². The summed E-state index contributed by atoms with van der Waals surface area (Å²) in [6.07, 6.45) is 7.23. The van der Waals surface area contributed by atoms with Gasteiger partial charge in [0.1, 0.15) is 28.8 Å². The van der Waals surface area contributed by atoms with Crippen molar-refractivity contribution in [1.82, 2.24) is 9.88 Å². The van der Waals surface area contributed by atoms with Gasteiger partial charge in [-0.1, -0.05) is 18.2 Å². The lowest BCUT2D eigenvalue weighted by Crippen LogP contribution is -2.59. The van der Waals surface area contributed by atoms with E-state index in [1.54, 1.807) is 23.1 Å². The number of anilines is 2. The van der Waals surface area contributed by atoms with Crippen LogP contribution in [0.3, 0.4) is 0 Å². The van der Waals surface area contributed by atoms with E-state index >= 15 is 4.39 Å². The minimum Gasteiger partial charge on any atom is -0.398 e. The summed E-state index contributed by atoms with van der Waals surface area (Å²) >= 11 is 0. The lowest BCUT2D eigenvalue weighted by molar-refractivity contribution is -0.135. The summed E-state index contributed by atoms with van der Waals surface area (Å²) in [5.74, 6) is 1.74. The van der Waals surface area contributed by atoms with Crippen LogP contribution in [-0.4, -0.2) is 48.2 Å². The van der Waals surface area contributed by atoms with Gasteiger partial charge in [-0.15, -0.1) is 6.42 Å². The summed E-state index contributed by atoms with van der Waals surface area (Å²) in [5, 5.41) is 18.8. The maximum atomic E-state index is 15.1. The van der Waals surface area contributed by atoms with Crippen LogP contribution in [0, 0.1) is 47.2 Å². The number of halogens is 1. The third-order valence-electron chi connectivity index (χ3n) is 7.14. The lowest BCUT2D eigenvalue weighted by atomic mass is 9.79. The quantitative estimate of drug-likeness (QED) is 0.349. The number of nitriles is 1. The molecule has 1 amide bonds. The molecule has 0 atom stereocenters. The van der Waals surface area contributed by atoms with Crippen molar-refractivity contribution in [3.63, 3.8) is 0 Å². The van der Waals surface area contributed by atoms with Crippen LogP contribution in [0.4, 0.5) is 15.9 Å². The highest BCUT2D eigenvalue weighted by molar-refractivity contribution is 6.07. The highest BCUT2D eigenvalue weighted by atomic mass is 19.1. The number of nitrogens with two attached hydrogens (primary N) is 1. The Morgan fingerprint density at radius 3 is 2.74 bits per heavy atom. The number of fused-ring (bicyclic) bond motifs is 1. The molecule has 0 aliphatic carbocycles.